The Hall–Kier alpha value is 4.62. The van der Waals surface area contributed by atoms with Crippen LogP contribution in [0, 0.1) is 11.3 Å². The molecule has 0 aliphatic carbocycles. The van der Waals surface area contributed by atoms with Crippen molar-refractivity contribution in [1.82, 2.24) is 0 Å². The molecule has 0 radical (unpaired) electrons. The van der Waals surface area contributed by atoms with Gasteiger partial charge in [-0.25, -0.2) is 0 Å². The second kappa shape index (κ2) is 21.9. The van der Waals surface area contributed by atoms with Crippen molar-refractivity contribution in [2.45, 2.75) is 6.92 Å². The molecule has 0 aliphatic heterocycles. The van der Waals surface area contributed by atoms with Crippen molar-refractivity contribution in [1.29, 1.82) is 5.26 Å². The van der Waals surface area contributed by atoms with Crippen LogP contribution >= 0.6 is 15.6 Å². The molecule has 16 heavy (non-hydrogen) atoms. The first-order valence-corrected chi connectivity index (χ1v) is 5.26. The van der Waals surface area contributed by atoms with E-state index in [1.807, 2.05) is 0 Å². The Bertz CT molecular complexity index is 206. The molecule has 0 saturated heterocycles. The molecule has 0 rings (SSSR count). The number of hydrogen-bond donors (Lipinski definition) is 3. The van der Waals surface area contributed by atoms with Crippen LogP contribution in [-0.4, -0.2) is 14.7 Å². The van der Waals surface area contributed by atoms with Crippen molar-refractivity contribution in [3.8, 4) is 6.07 Å². The quantitative estimate of drug-likeness (QED) is 0.281. The summed E-state index contributed by atoms with van der Waals surface area (Å²) in [5.41, 5.74) is 0. The predicted molar refractivity (Wildman–Crippen MR) is 33.2 cm³/mol. The molecule has 0 spiro atoms. The zero-order valence-electron chi connectivity index (χ0n) is 9.22. The van der Waals surface area contributed by atoms with Gasteiger partial charge in [-0.2, -0.15) is 5.26 Å². The minimum atomic E-state index is -5.14. The first-order valence-electron chi connectivity index (χ1n) is 2.24. The summed E-state index contributed by atoms with van der Waals surface area (Å²) in [5.74, 6) is 0. The average molecular weight is 351 g/mol. The van der Waals surface area contributed by atoms with E-state index in [2.05, 4.69) is 0 Å². The van der Waals surface area contributed by atoms with Crippen LogP contribution in [0.3, 0.4) is 0 Å². The van der Waals surface area contributed by atoms with Crippen molar-refractivity contribution in [2.75, 3.05) is 0 Å². The van der Waals surface area contributed by atoms with E-state index in [4.69, 9.17) is 43.8 Å². The van der Waals surface area contributed by atoms with Crippen LogP contribution in [0.5, 0.6) is 0 Å². The molecule has 80 valence electrons. The molecular weight excluding hydrogens is 345 g/mol. The summed E-state index contributed by atoms with van der Waals surface area (Å²) in [7, 11) is -10.0. The largest absolute Gasteiger partial charge is 1.00 e. The van der Waals surface area contributed by atoms with Gasteiger partial charge in [-0.15, -0.1) is 0 Å². The summed E-state index contributed by atoms with van der Waals surface area (Å²) >= 11 is 0. The van der Waals surface area contributed by atoms with Gasteiger partial charge < -0.3 is 33.9 Å². The third-order valence-electron chi connectivity index (χ3n) is 0. The van der Waals surface area contributed by atoms with Gasteiger partial charge in [0.1, 0.15) is 0 Å². The van der Waals surface area contributed by atoms with Crippen molar-refractivity contribution < 1.29 is 193 Å². The van der Waals surface area contributed by atoms with Crippen molar-refractivity contribution >= 4 is 15.6 Å². The van der Waals surface area contributed by atoms with E-state index < -0.39 is 15.6 Å². The summed E-state index contributed by atoms with van der Waals surface area (Å²) in [6.45, 7) is 1.43. The Morgan fingerprint density at radius 3 is 1.00 bits per heavy atom. The van der Waals surface area contributed by atoms with Crippen molar-refractivity contribution in [3.05, 3.63) is 0 Å². The molecule has 0 atom stereocenters. The molecule has 0 saturated carbocycles. The Kier molecular flexibility index (Phi) is 50.9. The minimum Gasteiger partial charge on any atom is -0.790 e. The molecule has 14 heteroatoms. The molecule has 9 nitrogen and oxygen atoms in total. The fourth-order valence-electron chi connectivity index (χ4n) is 0. The van der Waals surface area contributed by atoms with E-state index >= 15 is 0 Å². The van der Waals surface area contributed by atoms with Gasteiger partial charge in [-0.1, -0.05) is 0 Å². The Balaban J connectivity index is -0.0000000220. The normalized spacial score (nSPS) is 7.88. The SMILES string of the molecule is CC#N.O=P([O-])(O)O.O=P([O-])([O-])O.[K+].[K+].[K+]. The third kappa shape index (κ3) is 271. The fraction of sp³-hybridized carbons (Fsp3) is 0.500. The first kappa shape index (κ1) is 37.1. The smallest absolute Gasteiger partial charge is 0.790 e. The molecule has 0 fully saturated rings. The van der Waals surface area contributed by atoms with Crippen LogP contribution in [0.4, 0.5) is 0 Å². The van der Waals surface area contributed by atoms with E-state index in [-0.39, 0.29) is 154 Å². The van der Waals surface area contributed by atoms with Crippen LogP contribution in [0.1, 0.15) is 6.92 Å². The van der Waals surface area contributed by atoms with Crippen LogP contribution in [-0.2, 0) is 9.13 Å². The number of nitrogens with zero attached hydrogens (tertiary/aromatic N) is 1. The van der Waals surface area contributed by atoms with Gasteiger partial charge in [0.25, 0.3) is 7.82 Å². The molecule has 0 aromatic rings. The third-order valence-corrected chi connectivity index (χ3v) is 0. The molecule has 0 aromatic heterocycles. The van der Waals surface area contributed by atoms with Crippen LogP contribution in [0.15, 0.2) is 0 Å². The van der Waals surface area contributed by atoms with Gasteiger partial charge in [-0.05, 0) is 0 Å². The second-order valence-corrected chi connectivity index (χ2v) is 3.10. The predicted octanol–water partition coefficient (Wildman–Crippen LogP) is -12.2. The van der Waals surface area contributed by atoms with Crippen LogP contribution in [0.25, 0.3) is 0 Å². The van der Waals surface area contributed by atoms with E-state index in [1.165, 1.54) is 6.92 Å². The molecule has 0 aromatic carbocycles. The van der Waals surface area contributed by atoms with Gasteiger partial charge in [-0.3, -0.25) is 4.57 Å². The van der Waals surface area contributed by atoms with E-state index in [1.54, 1.807) is 6.07 Å². The maximum absolute atomic E-state index is 8.77. The standard InChI is InChI=1S/C2H3N.3K.2H3O4P/c1-2-3;;;;2*1-5(2,3)4/h1H3;;;;2*(H3,1,2,3,4)/q;3*+1;;/p-3. The van der Waals surface area contributed by atoms with Gasteiger partial charge in [0, 0.05) is 6.92 Å². The Morgan fingerprint density at radius 2 is 1.00 bits per heavy atom. The molecule has 0 bridgehead atoms. The number of rotatable bonds is 0. The maximum atomic E-state index is 8.77. The maximum Gasteiger partial charge on any atom is 1.00 e. The summed E-state index contributed by atoms with van der Waals surface area (Å²) in [4.78, 5) is 47.2. The van der Waals surface area contributed by atoms with Gasteiger partial charge in [0.2, 0.25) is 0 Å². The summed E-state index contributed by atoms with van der Waals surface area (Å²) in [5, 5.41) is 7.32. The monoisotopic (exact) mass is 351 g/mol. The summed E-state index contributed by atoms with van der Waals surface area (Å²) in [6.07, 6.45) is 0. The van der Waals surface area contributed by atoms with Crippen LogP contribution < -0.4 is 169 Å². The molecule has 0 unspecified atom stereocenters. The molecular formula is C2H6K3NO8P2. The zero-order valence-corrected chi connectivity index (χ0v) is 20.4. The van der Waals surface area contributed by atoms with E-state index in [9.17, 15) is 0 Å². The summed E-state index contributed by atoms with van der Waals surface area (Å²) in [6, 6.07) is 1.75. The fourth-order valence-corrected chi connectivity index (χ4v) is 0. The number of hydrogen-bond acceptors (Lipinski definition) is 6. The van der Waals surface area contributed by atoms with Gasteiger partial charge >= 0.3 is 154 Å². The Labute approximate surface area is 220 Å². The topological polar surface area (TPSA) is 188 Å². The molecule has 0 aliphatic rings. The van der Waals surface area contributed by atoms with E-state index in [0.29, 0.717) is 0 Å². The number of nitriles is 1. The minimum absolute atomic E-state index is 0. The second-order valence-electron chi connectivity index (χ2n) is 1.18. The Morgan fingerprint density at radius 1 is 1.00 bits per heavy atom. The molecule has 3 N–H and O–H groups in total. The first-order chi connectivity index (χ1) is 5.41. The zero-order chi connectivity index (χ0) is 11.7. The summed E-state index contributed by atoms with van der Waals surface area (Å²) < 4.78 is 17.4. The number of phosphoric acid groups is 2. The van der Waals surface area contributed by atoms with Crippen LogP contribution in [0.2, 0.25) is 0 Å². The van der Waals surface area contributed by atoms with Crippen molar-refractivity contribution in [3.63, 3.8) is 0 Å². The molecule has 0 heterocycles. The van der Waals surface area contributed by atoms with E-state index in [0.717, 1.165) is 0 Å². The van der Waals surface area contributed by atoms with Gasteiger partial charge in [0.15, 0.2) is 0 Å². The molecule has 0 amide bonds. The van der Waals surface area contributed by atoms with Gasteiger partial charge in [0.05, 0.1) is 13.9 Å². The van der Waals surface area contributed by atoms with Crippen molar-refractivity contribution in [2.24, 2.45) is 0 Å². The average Bonchev–Trinajstić information content (AvgIpc) is 1.52.